The first-order chi connectivity index (χ1) is 20.8. The predicted molar refractivity (Wildman–Crippen MR) is 156 cm³/mol. The molecule has 1 aliphatic carbocycles. The second-order valence-corrected chi connectivity index (χ2v) is 11.3. The normalized spacial score (nSPS) is 21.9. The maximum Gasteiger partial charge on any atom is 0.407 e. The molecule has 4 bridgehead atoms. The molecule has 2 N–H and O–H groups in total. The van der Waals surface area contributed by atoms with E-state index in [0.29, 0.717) is 59.2 Å². The van der Waals surface area contributed by atoms with E-state index in [-0.39, 0.29) is 23.9 Å². The number of amides is 1. The molecule has 2 aliphatic heterocycles. The van der Waals surface area contributed by atoms with Gasteiger partial charge in [-0.25, -0.2) is 14.6 Å². The Hall–Kier alpha value is -4.49. The van der Waals surface area contributed by atoms with Crippen LogP contribution in [0.25, 0.3) is 44.5 Å². The molecular formula is C30H32FN7O5. The number of benzene rings is 1. The molecule has 0 saturated heterocycles. The lowest BCUT2D eigenvalue weighted by Gasteiger charge is -2.23. The van der Waals surface area contributed by atoms with E-state index >= 15 is 4.39 Å². The molecule has 1 fully saturated rings. The summed E-state index contributed by atoms with van der Waals surface area (Å²) in [4.78, 5) is 34.3. The summed E-state index contributed by atoms with van der Waals surface area (Å²) in [5.74, 6) is -0.616. The van der Waals surface area contributed by atoms with Crippen molar-refractivity contribution in [3.05, 3.63) is 58.7 Å². The van der Waals surface area contributed by atoms with Crippen molar-refractivity contribution in [2.45, 2.75) is 43.6 Å². The molecular weight excluding hydrogens is 557 g/mol. The highest BCUT2D eigenvalue weighted by Gasteiger charge is 2.40. The number of hydrogen-bond acceptors (Lipinski definition) is 7. The van der Waals surface area contributed by atoms with Crippen LogP contribution < -0.4 is 11.0 Å². The van der Waals surface area contributed by atoms with Gasteiger partial charge in [-0.05, 0) is 24.0 Å². The zero-order chi connectivity index (χ0) is 30.0. The van der Waals surface area contributed by atoms with Gasteiger partial charge in [-0.3, -0.25) is 13.8 Å². The van der Waals surface area contributed by atoms with Gasteiger partial charge in [0, 0.05) is 45.4 Å². The van der Waals surface area contributed by atoms with E-state index in [9.17, 15) is 9.59 Å². The molecule has 8 rings (SSSR count). The summed E-state index contributed by atoms with van der Waals surface area (Å²) < 4.78 is 37.0. The van der Waals surface area contributed by atoms with Gasteiger partial charge in [-0.1, -0.05) is 24.3 Å². The highest BCUT2D eigenvalue weighted by molar-refractivity contribution is 6.14. The number of H-pyrrole nitrogens is 1. The van der Waals surface area contributed by atoms with Crippen LogP contribution in [0.3, 0.4) is 0 Å². The minimum absolute atomic E-state index is 0.220. The lowest BCUT2D eigenvalue weighted by molar-refractivity contribution is -0.0329. The van der Waals surface area contributed by atoms with Crippen LogP contribution in [0, 0.1) is 5.95 Å². The van der Waals surface area contributed by atoms with E-state index < -0.39 is 18.1 Å². The SMILES string of the molecule is COC(=O)N[C@H]1C[C@H]2C[C@H]1OC[C@H](OC)Cc1ccc(cc1)-c1c(-c3cn(C)nc3F)[nH]c3ncc4c(c13)n2c(=O)n4C. The van der Waals surface area contributed by atoms with Crippen molar-refractivity contribution in [1.29, 1.82) is 0 Å². The van der Waals surface area contributed by atoms with Crippen LogP contribution in [0.5, 0.6) is 0 Å². The van der Waals surface area contributed by atoms with E-state index in [1.165, 1.54) is 11.8 Å². The van der Waals surface area contributed by atoms with E-state index in [2.05, 4.69) is 20.4 Å². The smallest absolute Gasteiger partial charge is 0.407 e. The molecule has 224 valence electrons. The van der Waals surface area contributed by atoms with Crippen LogP contribution in [0.1, 0.15) is 24.4 Å². The summed E-state index contributed by atoms with van der Waals surface area (Å²) in [7, 11) is 6.34. The molecule has 43 heavy (non-hydrogen) atoms. The number of aromatic nitrogens is 6. The van der Waals surface area contributed by atoms with E-state index in [1.54, 1.807) is 42.7 Å². The minimum Gasteiger partial charge on any atom is -0.453 e. The Balaban J connectivity index is 1.54. The molecule has 5 aromatic rings. The van der Waals surface area contributed by atoms with Gasteiger partial charge in [0.2, 0.25) is 5.95 Å². The zero-order valence-corrected chi connectivity index (χ0v) is 24.3. The maximum absolute atomic E-state index is 15.2. The molecule has 6 heterocycles. The number of halogens is 1. The third-order valence-electron chi connectivity index (χ3n) is 8.79. The summed E-state index contributed by atoms with van der Waals surface area (Å²) in [6.45, 7) is 0.304. The van der Waals surface area contributed by atoms with E-state index in [4.69, 9.17) is 14.2 Å². The quantitative estimate of drug-likeness (QED) is 0.330. The average Bonchev–Trinajstić information content (AvgIpc) is 3.73. The number of carbonyl (C=O) groups is 1. The first-order valence-electron chi connectivity index (χ1n) is 14.2. The van der Waals surface area contributed by atoms with Crippen LogP contribution in [-0.2, 0) is 34.7 Å². The largest absolute Gasteiger partial charge is 0.453 e. The second-order valence-electron chi connectivity index (χ2n) is 11.3. The van der Waals surface area contributed by atoms with Crippen molar-refractivity contribution in [2.24, 2.45) is 14.1 Å². The molecule has 4 atom stereocenters. The number of hydrogen-bond donors (Lipinski definition) is 2. The van der Waals surface area contributed by atoms with Gasteiger partial charge in [-0.15, -0.1) is 5.10 Å². The Morgan fingerprint density at radius 3 is 2.67 bits per heavy atom. The number of carbonyl (C=O) groups excluding carboxylic acids is 1. The van der Waals surface area contributed by atoms with Crippen LogP contribution in [0.2, 0.25) is 0 Å². The van der Waals surface area contributed by atoms with Crippen LogP contribution in [0.15, 0.2) is 41.5 Å². The zero-order valence-electron chi connectivity index (χ0n) is 24.3. The lowest BCUT2D eigenvalue weighted by atomic mass is 9.97. The average molecular weight is 590 g/mol. The predicted octanol–water partition coefficient (Wildman–Crippen LogP) is 3.44. The molecule has 12 nitrogen and oxygen atoms in total. The maximum atomic E-state index is 15.2. The molecule has 1 aromatic carbocycles. The van der Waals surface area contributed by atoms with Crippen LogP contribution >= 0.6 is 0 Å². The fourth-order valence-electron chi connectivity index (χ4n) is 6.68. The van der Waals surface area contributed by atoms with Gasteiger partial charge in [0.25, 0.3) is 0 Å². The first-order valence-corrected chi connectivity index (χ1v) is 14.2. The molecule has 0 spiro atoms. The summed E-state index contributed by atoms with van der Waals surface area (Å²) >= 11 is 0. The van der Waals surface area contributed by atoms with Crippen LogP contribution in [-0.4, -0.2) is 74.1 Å². The fraction of sp³-hybridized carbons (Fsp3) is 0.400. The summed E-state index contributed by atoms with van der Waals surface area (Å²) in [5.41, 5.74) is 5.02. The third kappa shape index (κ3) is 4.41. The number of rotatable bonds is 3. The Morgan fingerprint density at radius 2 is 1.98 bits per heavy atom. The van der Waals surface area contributed by atoms with Gasteiger partial charge >= 0.3 is 11.8 Å². The van der Waals surface area contributed by atoms with Crippen LogP contribution in [0.4, 0.5) is 9.18 Å². The minimum atomic E-state index is -0.616. The monoisotopic (exact) mass is 589 g/mol. The summed E-state index contributed by atoms with van der Waals surface area (Å²) in [5, 5.41) is 7.55. The van der Waals surface area contributed by atoms with Gasteiger partial charge in [0.05, 0.1) is 65.8 Å². The molecule has 3 aliphatic rings. The van der Waals surface area contributed by atoms with Gasteiger partial charge in [0.1, 0.15) is 5.65 Å². The highest BCUT2D eigenvalue weighted by Crippen LogP contribution is 2.43. The number of nitrogens with zero attached hydrogens (tertiary/aromatic N) is 5. The molecule has 13 heteroatoms. The number of aryl methyl sites for hydroxylation is 2. The molecule has 1 saturated carbocycles. The Kier molecular flexibility index (Phi) is 6.58. The number of pyridine rings is 1. The van der Waals surface area contributed by atoms with Crippen molar-refractivity contribution >= 4 is 28.2 Å². The summed E-state index contributed by atoms with van der Waals surface area (Å²) in [6.07, 6.45) is 3.61. The molecule has 0 unspecified atom stereocenters. The number of alkyl carbamates (subject to hydrolysis) is 1. The van der Waals surface area contributed by atoms with E-state index in [0.717, 1.165) is 16.7 Å². The van der Waals surface area contributed by atoms with E-state index in [1.807, 2.05) is 24.3 Å². The Bertz CT molecular complexity index is 1920. The van der Waals surface area contributed by atoms with Crippen molar-refractivity contribution in [3.63, 3.8) is 0 Å². The Labute approximate surface area is 245 Å². The summed E-state index contributed by atoms with van der Waals surface area (Å²) in [6, 6.07) is 7.31. The number of ether oxygens (including phenoxy) is 3. The van der Waals surface area contributed by atoms with Gasteiger partial charge in [0.15, 0.2) is 0 Å². The Morgan fingerprint density at radius 1 is 1.19 bits per heavy atom. The number of nitrogens with one attached hydrogen (secondary N) is 2. The van der Waals surface area contributed by atoms with Crippen molar-refractivity contribution in [3.8, 4) is 22.4 Å². The molecule has 1 amide bonds. The van der Waals surface area contributed by atoms with Gasteiger partial charge in [-0.2, -0.15) is 4.39 Å². The number of aromatic amines is 1. The highest BCUT2D eigenvalue weighted by atomic mass is 19.1. The first kappa shape index (κ1) is 27.3. The van der Waals surface area contributed by atoms with Crippen molar-refractivity contribution in [1.82, 2.24) is 34.2 Å². The van der Waals surface area contributed by atoms with Gasteiger partial charge < -0.3 is 24.5 Å². The topological polar surface area (TPSA) is 130 Å². The lowest BCUT2D eigenvalue weighted by Crippen LogP contribution is -2.42. The third-order valence-corrected chi connectivity index (χ3v) is 8.79. The number of imidazole rings is 1. The standard InChI is InChI=1S/C30H32FN7O5/c1-36-13-19(27(31)35-36)25-23-16-7-5-15(6-8-16)9-18(41-3)14-43-22-11-17(10-20(22)33-29(39)42-4)38-26-21(37(2)30(38)40)12-32-28(34-25)24(23)26/h5-8,12-13,17-18,20,22H,9-11,14H2,1-4H3,(H,32,34)(H,33,39)/t17-,18+,20-,22+/m0/s1. The second kappa shape index (κ2) is 10.3. The molecule has 4 aromatic heterocycles. The number of methoxy groups -OCH3 is 2. The van der Waals surface area contributed by atoms with Crippen molar-refractivity contribution in [2.75, 3.05) is 20.8 Å². The fourth-order valence-corrected chi connectivity index (χ4v) is 6.68. The van der Waals surface area contributed by atoms with Crippen molar-refractivity contribution < 1.29 is 23.4 Å². The number of fused-ring (bicyclic) bond motifs is 5. The molecule has 0 radical (unpaired) electrons.